The van der Waals surface area contributed by atoms with Crippen molar-refractivity contribution in [2.75, 3.05) is 12.8 Å². The van der Waals surface area contributed by atoms with Crippen LogP contribution >= 0.6 is 0 Å². The van der Waals surface area contributed by atoms with Crippen LogP contribution in [0, 0.1) is 0 Å². The van der Waals surface area contributed by atoms with Gasteiger partial charge in [0.1, 0.15) is 5.75 Å². The first-order valence-corrected chi connectivity index (χ1v) is 5.84. The first-order chi connectivity index (χ1) is 9.97. The number of hydrogen-bond donors (Lipinski definition) is 1. The maximum Gasteiger partial charge on any atom is 0.387 e. The van der Waals surface area contributed by atoms with Crippen LogP contribution in [-0.2, 0) is 6.54 Å². The van der Waals surface area contributed by atoms with Crippen molar-refractivity contribution in [3.05, 3.63) is 35.5 Å². The van der Waals surface area contributed by atoms with Gasteiger partial charge in [0.05, 0.1) is 0 Å². The number of ether oxygens (including phenoxy) is 1. The molecule has 0 spiro atoms. The van der Waals surface area contributed by atoms with Crippen molar-refractivity contribution in [1.29, 1.82) is 0 Å². The van der Waals surface area contributed by atoms with Gasteiger partial charge in [-0.2, -0.15) is 8.78 Å². The van der Waals surface area contributed by atoms with Gasteiger partial charge in [0.15, 0.2) is 0 Å². The summed E-state index contributed by atoms with van der Waals surface area (Å²) in [5, 5.41) is 6.74. The molecule has 2 aromatic rings. The Morgan fingerprint density at radius 3 is 2.57 bits per heavy atom. The molecule has 0 aliphatic heterocycles. The van der Waals surface area contributed by atoms with E-state index in [4.69, 9.17) is 5.73 Å². The number of amides is 1. The summed E-state index contributed by atoms with van der Waals surface area (Å²) >= 11 is 0. The lowest BCUT2D eigenvalue weighted by Crippen LogP contribution is -2.27. The van der Waals surface area contributed by atoms with Crippen molar-refractivity contribution >= 4 is 11.7 Å². The quantitative estimate of drug-likeness (QED) is 0.899. The van der Waals surface area contributed by atoms with Gasteiger partial charge in [0, 0.05) is 13.6 Å². The number of nitrogens with two attached hydrogens (primary N) is 1. The number of nitrogens with zero attached hydrogens (tertiary/aromatic N) is 3. The van der Waals surface area contributed by atoms with Crippen LogP contribution in [0.4, 0.5) is 14.6 Å². The maximum atomic E-state index is 12.0. The number of anilines is 1. The molecule has 1 amide bonds. The SMILES string of the molecule is CN(Cc1ccc(OC(F)F)cc1)C(=O)c1nonc1N. The number of carbonyl (C=O) groups is 1. The monoisotopic (exact) mass is 298 g/mol. The standard InChI is InChI=1S/C12H12F2N4O3/c1-18(11(19)9-10(15)17-21-16-9)6-7-2-4-8(5-3-7)20-12(13)14/h2-5,12H,6H2,1H3,(H2,15,17). The summed E-state index contributed by atoms with van der Waals surface area (Å²) in [5.74, 6) is -0.498. The molecule has 1 aromatic heterocycles. The summed E-state index contributed by atoms with van der Waals surface area (Å²) in [6.07, 6.45) is 0. The number of hydrogen-bond acceptors (Lipinski definition) is 6. The van der Waals surface area contributed by atoms with Crippen molar-refractivity contribution in [1.82, 2.24) is 15.2 Å². The molecule has 2 rings (SSSR count). The van der Waals surface area contributed by atoms with Gasteiger partial charge in [-0.15, -0.1) is 0 Å². The molecule has 0 saturated carbocycles. The van der Waals surface area contributed by atoms with E-state index in [0.29, 0.717) is 0 Å². The van der Waals surface area contributed by atoms with E-state index in [9.17, 15) is 13.6 Å². The van der Waals surface area contributed by atoms with Crippen LogP contribution in [0.2, 0.25) is 0 Å². The van der Waals surface area contributed by atoms with E-state index in [2.05, 4.69) is 19.7 Å². The fourth-order valence-corrected chi connectivity index (χ4v) is 1.65. The first kappa shape index (κ1) is 14.7. The van der Waals surface area contributed by atoms with Crippen molar-refractivity contribution in [2.24, 2.45) is 0 Å². The fraction of sp³-hybridized carbons (Fsp3) is 0.250. The Morgan fingerprint density at radius 2 is 2.05 bits per heavy atom. The maximum absolute atomic E-state index is 12.0. The molecule has 0 atom stereocenters. The molecule has 0 aliphatic carbocycles. The minimum absolute atomic E-state index is 0.0488. The largest absolute Gasteiger partial charge is 0.435 e. The minimum Gasteiger partial charge on any atom is -0.435 e. The van der Waals surface area contributed by atoms with Gasteiger partial charge < -0.3 is 15.4 Å². The Kier molecular flexibility index (Phi) is 4.31. The van der Waals surface area contributed by atoms with Crippen LogP contribution in [0.15, 0.2) is 28.9 Å². The zero-order valence-electron chi connectivity index (χ0n) is 11.0. The summed E-state index contributed by atoms with van der Waals surface area (Å²) in [7, 11) is 1.54. The van der Waals surface area contributed by atoms with Crippen LogP contribution in [0.1, 0.15) is 16.1 Å². The van der Waals surface area contributed by atoms with Crippen LogP contribution in [0.5, 0.6) is 5.75 Å². The second kappa shape index (κ2) is 6.16. The highest BCUT2D eigenvalue weighted by Gasteiger charge is 2.20. The molecule has 1 heterocycles. The molecule has 21 heavy (non-hydrogen) atoms. The Morgan fingerprint density at radius 1 is 1.38 bits per heavy atom. The van der Waals surface area contributed by atoms with Gasteiger partial charge in [-0.25, -0.2) is 4.63 Å². The molecule has 112 valence electrons. The number of benzene rings is 1. The minimum atomic E-state index is -2.87. The highest BCUT2D eigenvalue weighted by molar-refractivity contribution is 5.95. The second-order valence-electron chi connectivity index (χ2n) is 4.18. The number of alkyl halides is 2. The predicted octanol–water partition coefficient (Wildman–Crippen LogP) is 1.53. The molecule has 0 saturated heterocycles. The van der Waals surface area contributed by atoms with Crippen molar-refractivity contribution in [3.8, 4) is 5.75 Å². The summed E-state index contributed by atoms with van der Waals surface area (Å²) in [6.45, 7) is -2.64. The topological polar surface area (TPSA) is 94.5 Å². The number of halogens is 2. The highest BCUT2D eigenvalue weighted by atomic mass is 19.3. The van der Waals surface area contributed by atoms with E-state index in [0.717, 1.165) is 5.56 Å². The van der Waals surface area contributed by atoms with E-state index >= 15 is 0 Å². The lowest BCUT2D eigenvalue weighted by atomic mass is 10.2. The Labute approximate surface area is 118 Å². The Bertz CT molecular complexity index is 615. The number of carbonyl (C=O) groups excluding carboxylic acids is 1. The van der Waals surface area contributed by atoms with Crippen molar-refractivity contribution in [3.63, 3.8) is 0 Å². The van der Waals surface area contributed by atoms with E-state index in [1.54, 1.807) is 19.2 Å². The van der Waals surface area contributed by atoms with Gasteiger partial charge in [-0.1, -0.05) is 12.1 Å². The molecular weight excluding hydrogens is 286 g/mol. The zero-order chi connectivity index (χ0) is 15.4. The van der Waals surface area contributed by atoms with Crippen LogP contribution < -0.4 is 10.5 Å². The normalized spacial score (nSPS) is 10.7. The molecule has 0 unspecified atom stereocenters. The van der Waals surface area contributed by atoms with Crippen molar-refractivity contribution < 1.29 is 22.9 Å². The molecule has 0 radical (unpaired) electrons. The number of rotatable bonds is 5. The van der Waals surface area contributed by atoms with Crippen molar-refractivity contribution in [2.45, 2.75) is 13.2 Å². The molecule has 9 heteroatoms. The molecular formula is C12H12F2N4O3. The third-order valence-corrected chi connectivity index (χ3v) is 2.63. The highest BCUT2D eigenvalue weighted by Crippen LogP contribution is 2.16. The van der Waals surface area contributed by atoms with Gasteiger partial charge >= 0.3 is 6.61 Å². The summed E-state index contributed by atoms with van der Waals surface area (Å²) in [5.41, 5.74) is 6.09. The van der Waals surface area contributed by atoms with E-state index in [1.165, 1.54) is 17.0 Å². The van der Waals surface area contributed by atoms with Crippen LogP contribution in [-0.4, -0.2) is 34.8 Å². The number of aromatic nitrogens is 2. The van der Waals surface area contributed by atoms with E-state index in [1.807, 2.05) is 0 Å². The zero-order valence-corrected chi connectivity index (χ0v) is 11.0. The third-order valence-electron chi connectivity index (χ3n) is 2.63. The predicted molar refractivity (Wildman–Crippen MR) is 67.6 cm³/mol. The van der Waals surface area contributed by atoms with Gasteiger partial charge in [0.2, 0.25) is 11.5 Å². The van der Waals surface area contributed by atoms with Crippen LogP contribution in [0.3, 0.4) is 0 Å². The molecule has 0 fully saturated rings. The fourth-order valence-electron chi connectivity index (χ4n) is 1.65. The summed E-state index contributed by atoms with van der Waals surface area (Å²) in [6, 6.07) is 5.94. The second-order valence-corrected chi connectivity index (χ2v) is 4.18. The van der Waals surface area contributed by atoms with Crippen LogP contribution in [0.25, 0.3) is 0 Å². The molecule has 1 aromatic carbocycles. The molecule has 0 bridgehead atoms. The molecule has 2 N–H and O–H groups in total. The Hall–Kier alpha value is -2.71. The van der Waals surface area contributed by atoms with E-state index < -0.39 is 12.5 Å². The van der Waals surface area contributed by atoms with E-state index in [-0.39, 0.29) is 23.8 Å². The summed E-state index contributed by atoms with van der Waals surface area (Å²) < 4.78 is 32.6. The Balaban J connectivity index is 2.01. The van der Waals surface area contributed by atoms with Gasteiger partial charge in [-0.3, -0.25) is 4.79 Å². The molecule has 7 nitrogen and oxygen atoms in total. The summed E-state index contributed by atoms with van der Waals surface area (Å²) in [4.78, 5) is 13.3. The lowest BCUT2D eigenvalue weighted by molar-refractivity contribution is -0.0498. The van der Waals surface area contributed by atoms with Gasteiger partial charge in [0.25, 0.3) is 5.91 Å². The molecule has 0 aliphatic rings. The third kappa shape index (κ3) is 3.65. The first-order valence-electron chi connectivity index (χ1n) is 5.84. The average Bonchev–Trinajstić information content (AvgIpc) is 2.85. The number of nitrogen functional groups attached to an aromatic ring is 1. The average molecular weight is 298 g/mol. The lowest BCUT2D eigenvalue weighted by Gasteiger charge is -2.16. The van der Waals surface area contributed by atoms with Gasteiger partial charge in [-0.05, 0) is 28.0 Å². The smallest absolute Gasteiger partial charge is 0.387 e.